The van der Waals surface area contributed by atoms with Gasteiger partial charge in [-0.3, -0.25) is 4.79 Å². The number of rotatable bonds is 1. The van der Waals surface area contributed by atoms with Gasteiger partial charge in [0.1, 0.15) is 0 Å². The molecule has 1 aliphatic heterocycles. The van der Waals surface area contributed by atoms with E-state index in [1.54, 1.807) is 0 Å². The predicted octanol–water partition coefficient (Wildman–Crippen LogP) is 2.29. The Morgan fingerprint density at radius 1 is 1.53 bits per heavy atom. The molecular weight excluding hydrogens is 256 g/mol. The van der Waals surface area contributed by atoms with Gasteiger partial charge in [0.2, 0.25) is 5.91 Å². The van der Waals surface area contributed by atoms with Gasteiger partial charge in [0.05, 0.1) is 11.7 Å². The number of carbonyl (C=O) groups is 1. The molecule has 3 N–H and O–H groups in total. The van der Waals surface area contributed by atoms with Crippen molar-refractivity contribution in [1.82, 2.24) is 5.32 Å². The summed E-state index contributed by atoms with van der Waals surface area (Å²) < 4.78 is 0.902. The summed E-state index contributed by atoms with van der Waals surface area (Å²) in [5, 5.41) is 2.93. The first-order valence-corrected chi connectivity index (χ1v) is 5.72. The van der Waals surface area contributed by atoms with E-state index in [1.165, 1.54) is 0 Å². The van der Waals surface area contributed by atoms with Crippen molar-refractivity contribution in [2.45, 2.75) is 25.8 Å². The topological polar surface area (TPSA) is 55.1 Å². The molecule has 0 aliphatic carbocycles. The lowest BCUT2D eigenvalue weighted by Crippen LogP contribution is -2.19. The maximum Gasteiger partial charge on any atom is 0.220 e. The number of nitrogen functional groups attached to an aromatic ring is 1. The number of carbonyl (C=O) groups excluding carboxylic acids is 1. The highest BCUT2D eigenvalue weighted by molar-refractivity contribution is 9.10. The molecule has 1 unspecified atom stereocenters. The molecule has 1 aromatic carbocycles. The number of halogens is 1. The minimum Gasteiger partial charge on any atom is -0.398 e. The molecule has 0 radical (unpaired) electrons. The molecule has 1 aromatic rings. The zero-order valence-corrected chi connectivity index (χ0v) is 10.1. The number of hydrogen-bond donors (Lipinski definition) is 2. The molecule has 1 aliphatic rings. The minimum absolute atomic E-state index is 0.0775. The summed E-state index contributed by atoms with van der Waals surface area (Å²) in [4.78, 5) is 11.1. The maximum absolute atomic E-state index is 11.1. The van der Waals surface area contributed by atoms with Crippen LogP contribution in [0.2, 0.25) is 0 Å². The Kier molecular flexibility index (Phi) is 2.69. The highest BCUT2D eigenvalue weighted by atomic mass is 79.9. The van der Waals surface area contributed by atoms with E-state index in [0.29, 0.717) is 6.42 Å². The molecular formula is C11H13BrN2O. The summed E-state index contributed by atoms with van der Waals surface area (Å²) in [5.74, 6) is 0.108. The summed E-state index contributed by atoms with van der Waals surface area (Å²) in [6.45, 7) is 2.02. The number of anilines is 1. The fourth-order valence-corrected chi connectivity index (χ4v) is 2.51. The van der Waals surface area contributed by atoms with E-state index in [9.17, 15) is 4.79 Å². The van der Waals surface area contributed by atoms with E-state index in [1.807, 2.05) is 19.1 Å². The van der Waals surface area contributed by atoms with Crippen molar-refractivity contribution in [3.8, 4) is 0 Å². The zero-order chi connectivity index (χ0) is 11.0. The van der Waals surface area contributed by atoms with E-state index in [-0.39, 0.29) is 11.9 Å². The van der Waals surface area contributed by atoms with Crippen molar-refractivity contribution < 1.29 is 4.79 Å². The summed E-state index contributed by atoms with van der Waals surface area (Å²) >= 11 is 3.42. The molecule has 2 rings (SSSR count). The Hall–Kier alpha value is -1.03. The largest absolute Gasteiger partial charge is 0.398 e. The first-order chi connectivity index (χ1) is 7.08. The molecule has 15 heavy (non-hydrogen) atoms. The maximum atomic E-state index is 11.1. The van der Waals surface area contributed by atoms with Crippen LogP contribution in [0, 0.1) is 6.92 Å². The quantitative estimate of drug-likeness (QED) is 0.768. The van der Waals surface area contributed by atoms with Crippen LogP contribution >= 0.6 is 15.9 Å². The van der Waals surface area contributed by atoms with Crippen LogP contribution in [0.15, 0.2) is 16.6 Å². The summed E-state index contributed by atoms with van der Waals surface area (Å²) in [5.41, 5.74) is 8.87. The zero-order valence-electron chi connectivity index (χ0n) is 8.51. The van der Waals surface area contributed by atoms with Crippen molar-refractivity contribution in [1.29, 1.82) is 0 Å². The molecule has 1 heterocycles. The molecule has 1 fully saturated rings. The number of hydrogen-bond acceptors (Lipinski definition) is 2. The molecule has 0 bridgehead atoms. The number of nitrogens with one attached hydrogen (secondary N) is 1. The van der Waals surface area contributed by atoms with E-state index in [4.69, 9.17) is 5.73 Å². The number of amides is 1. The third kappa shape index (κ3) is 2.00. The Morgan fingerprint density at radius 3 is 2.87 bits per heavy atom. The van der Waals surface area contributed by atoms with Gasteiger partial charge in [0.15, 0.2) is 0 Å². The van der Waals surface area contributed by atoms with Crippen LogP contribution in [0.3, 0.4) is 0 Å². The van der Waals surface area contributed by atoms with Gasteiger partial charge in [-0.05, 0) is 46.5 Å². The average Bonchev–Trinajstić information content (AvgIpc) is 2.58. The predicted molar refractivity (Wildman–Crippen MR) is 63.4 cm³/mol. The average molecular weight is 269 g/mol. The van der Waals surface area contributed by atoms with Crippen LogP contribution < -0.4 is 11.1 Å². The fourth-order valence-electron chi connectivity index (χ4n) is 1.92. The van der Waals surface area contributed by atoms with E-state index in [0.717, 1.165) is 27.7 Å². The molecule has 4 heteroatoms. The highest BCUT2D eigenvalue weighted by Crippen LogP contribution is 2.33. The number of nitrogens with two attached hydrogens (primary N) is 1. The Morgan fingerprint density at radius 2 is 2.27 bits per heavy atom. The van der Waals surface area contributed by atoms with Crippen molar-refractivity contribution in [3.63, 3.8) is 0 Å². The second-order valence-electron chi connectivity index (χ2n) is 3.91. The summed E-state index contributed by atoms with van der Waals surface area (Å²) in [7, 11) is 0. The highest BCUT2D eigenvalue weighted by Gasteiger charge is 2.24. The lowest BCUT2D eigenvalue weighted by atomic mass is 10.0. The van der Waals surface area contributed by atoms with Crippen molar-refractivity contribution >= 4 is 27.5 Å². The lowest BCUT2D eigenvalue weighted by molar-refractivity contribution is -0.119. The van der Waals surface area contributed by atoms with Crippen molar-refractivity contribution in [2.75, 3.05) is 5.73 Å². The number of benzene rings is 1. The second kappa shape index (κ2) is 3.85. The summed E-state index contributed by atoms with van der Waals surface area (Å²) in [6, 6.07) is 4.10. The van der Waals surface area contributed by atoms with Gasteiger partial charge in [-0.25, -0.2) is 0 Å². The van der Waals surface area contributed by atoms with Gasteiger partial charge in [-0.2, -0.15) is 0 Å². The molecule has 3 nitrogen and oxygen atoms in total. The minimum atomic E-state index is 0.0775. The molecule has 1 saturated heterocycles. The molecule has 0 aromatic heterocycles. The van der Waals surface area contributed by atoms with Crippen LogP contribution in [0.4, 0.5) is 5.69 Å². The van der Waals surface area contributed by atoms with Crippen LogP contribution in [-0.4, -0.2) is 5.91 Å². The first-order valence-electron chi connectivity index (χ1n) is 4.93. The van der Waals surface area contributed by atoms with Crippen LogP contribution in [0.25, 0.3) is 0 Å². The van der Waals surface area contributed by atoms with Gasteiger partial charge in [-0.15, -0.1) is 0 Å². The molecule has 1 atom stereocenters. The summed E-state index contributed by atoms with van der Waals surface area (Å²) in [6.07, 6.45) is 1.43. The fraction of sp³-hybridized carbons (Fsp3) is 0.364. The SMILES string of the molecule is Cc1cc(Br)c(N)c(C2CCC(=O)N2)c1. The smallest absolute Gasteiger partial charge is 0.220 e. The molecule has 0 spiro atoms. The van der Waals surface area contributed by atoms with Gasteiger partial charge < -0.3 is 11.1 Å². The van der Waals surface area contributed by atoms with E-state index < -0.39 is 0 Å². The van der Waals surface area contributed by atoms with Gasteiger partial charge >= 0.3 is 0 Å². The lowest BCUT2D eigenvalue weighted by Gasteiger charge is -2.15. The van der Waals surface area contributed by atoms with Gasteiger partial charge in [0, 0.05) is 10.9 Å². The Balaban J connectivity index is 2.39. The van der Waals surface area contributed by atoms with E-state index >= 15 is 0 Å². The molecule has 80 valence electrons. The molecule has 1 amide bonds. The van der Waals surface area contributed by atoms with Crippen molar-refractivity contribution in [2.24, 2.45) is 0 Å². The second-order valence-corrected chi connectivity index (χ2v) is 4.76. The third-order valence-electron chi connectivity index (χ3n) is 2.68. The first kappa shape index (κ1) is 10.5. The normalized spacial score (nSPS) is 20.4. The van der Waals surface area contributed by atoms with Gasteiger partial charge in [-0.1, -0.05) is 6.07 Å². The van der Waals surface area contributed by atoms with Gasteiger partial charge in [0.25, 0.3) is 0 Å². The number of aryl methyl sites for hydroxylation is 1. The van der Waals surface area contributed by atoms with Crippen LogP contribution in [-0.2, 0) is 4.79 Å². The standard InChI is InChI=1S/C11H13BrN2O/c1-6-4-7(11(13)8(12)5-6)9-2-3-10(15)14-9/h4-5,9H,2-3,13H2,1H3,(H,14,15). The molecule has 0 saturated carbocycles. The van der Waals surface area contributed by atoms with Crippen molar-refractivity contribution in [3.05, 3.63) is 27.7 Å². The monoisotopic (exact) mass is 268 g/mol. The van der Waals surface area contributed by atoms with Crippen LogP contribution in [0.5, 0.6) is 0 Å². The Labute approximate surface area is 97.2 Å². The van der Waals surface area contributed by atoms with E-state index in [2.05, 4.69) is 21.2 Å². The third-order valence-corrected chi connectivity index (χ3v) is 3.33. The van der Waals surface area contributed by atoms with Crippen LogP contribution in [0.1, 0.15) is 30.0 Å². The Bertz CT molecular complexity index is 417.